The molecule has 4 nitrogen and oxygen atoms in total. The number of hydrogen-bond acceptors (Lipinski definition) is 4. The van der Waals surface area contributed by atoms with E-state index < -0.39 is 0 Å². The van der Waals surface area contributed by atoms with Crippen LogP contribution in [0.1, 0.15) is 77.4 Å². The van der Waals surface area contributed by atoms with Crippen LogP contribution in [-0.4, -0.2) is 16.7 Å². The molecule has 2 N–H and O–H groups in total. The zero-order chi connectivity index (χ0) is 14.1. The van der Waals surface area contributed by atoms with Crippen molar-refractivity contribution in [2.45, 2.75) is 71.1 Å². The fourth-order valence-electron chi connectivity index (χ4n) is 2.69. The number of aromatic nitrogens is 2. The zero-order valence-corrected chi connectivity index (χ0v) is 12.7. The van der Waals surface area contributed by atoms with Gasteiger partial charge in [0, 0.05) is 12.5 Å². The predicted molar refractivity (Wildman–Crippen MR) is 76.0 cm³/mol. The van der Waals surface area contributed by atoms with Gasteiger partial charge in [0.25, 0.3) is 0 Å². The standard InChI is InChI=1S/C15H27N3O/c1-5-15(4,10-16)13-17-12(18-19-13)11-6-8-14(2,3)9-7-11/h11H,5-10,16H2,1-4H3. The molecule has 2 rings (SSSR count). The average Bonchev–Trinajstić information content (AvgIpc) is 2.88. The van der Waals surface area contributed by atoms with Crippen molar-refractivity contribution < 1.29 is 4.52 Å². The number of nitrogens with two attached hydrogens (primary N) is 1. The molecule has 0 bridgehead atoms. The molecule has 1 aliphatic carbocycles. The molecule has 1 atom stereocenters. The Kier molecular flexibility index (Phi) is 4.00. The first-order chi connectivity index (χ1) is 8.90. The second-order valence-corrected chi connectivity index (χ2v) is 7.01. The van der Waals surface area contributed by atoms with Gasteiger partial charge >= 0.3 is 0 Å². The fourth-order valence-corrected chi connectivity index (χ4v) is 2.69. The van der Waals surface area contributed by atoms with Crippen molar-refractivity contribution in [3.05, 3.63) is 11.7 Å². The lowest BCUT2D eigenvalue weighted by Crippen LogP contribution is -2.31. The van der Waals surface area contributed by atoms with Crippen LogP contribution in [0.2, 0.25) is 0 Å². The van der Waals surface area contributed by atoms with Crippen LogP contribution < -0.4 is 5.73 Å². The summed E-state index contributed by atoms with van der Waals surface area (Å²) in [6, 6.07) is 0. The first kappa shape index (κ1) is 14.5. The molecule has 1 aliphatic rings. The lowest BCUT2D eigenvalue weighted by Gasteiger charge is -2.32. The van der Waals surface area contributed by atoms with E-state index in [0.717, 1.165) is 25.1 Å². The van der Waals surface area contributed by atoms with Crippen LogP contribution in [0.3, 0.4) is 0 Å². The zero-order valence-electron chi connectivity index (χ0n) is 12.7. The molecule has 0 aromatic carbocycles. The third kappa shape index (κ3) is 2.99. The average molecular weight is 265 g/mol. The van der Waals surface area contributed by atoms with Gasteiger partial charge < -0.3 is 10.3 Å². The molecule has 1 aromatic heterocycles. The van der Waals surface area contributed by atoms with Crippen molar-refractivity contribution in [2.24, 2.45) is 11.1 Å². The van der Waals surface area contributed by atoms with E-state index in [0.29, 0.717) is 23.8 Å². The Morgan fingerprint density at radius 3 is 2.53 bits per heavy atom. The Hall–Kier alpha value is -0.900. The molecule has 0 radical (unpaired) electrons. The van der Waals surface area contributed by atoms with Crippen LogP contribution in [0, 0.1) is 5.41 Å². The number of nitrogens with zero attached hydrogens (tertiary/aromatic N) is 2. The van der Waals surface area contributed by atoms with E-state index in [4.69, 9.17) is 10.3 Å². The molecular weight excluding hydrogens is 238 g/mol. The summed E-state index contributed by atoms with van der Waals surface area (Å²) in [4.78, 5) is 4.64. The van der Waals surface area contributed by atoms with E-state index in [9.17, 15) is 0 Å². The van der Waals surface area contributed by atoms with Crippen LogP contribution in [0.5, 0.6) is 0 Å². The van der Waals surface area contributed by atoms with Crippen molar-refractivity contribution in [3.8, 4) is 0 Å². The highest BCUT2D eigenvalue weighted by atomic mass is 16.5. The number of rotatable bonds is 4. The molecule has 4 heteroatoms. The monoisotopic (exact) mass is 265 g/mol. The Morgan fingerprint density at radius 2 is 2.00 bits per heavy atom. The molecule has 19 heavy (non-hydrogen) atoms. The van der Waals surface area contributed by atoms with Crippen molar-refractivity contribution in [2.75, 3.05) is 6.54 Å². The molecule has 0 aliphatic heterocycles. The molecule has 1 saturated carbocycles. The minimum Gasteiger partial charge on any atom is -0.339 e. The highest BCUT2D eigenvalue weighted by Gasteiger charge is 2.33. The third-order valence-corrected chi connectivity index (χ3v) is 4.89. The van der Waals surface area contributed by atoms with Crippen molar-refractivity contribution in [3.63, 3.8) is 0 Å². The van der Waals surface area contributed by atoms with Gasteiger partial charge in [-0.05, 0) is 44.4 Å². The van der Waals surface area contributed by atoms with E-state index in [-0.39, 0.29) is 5.41 Å². The molecule has 108 valence electrons. The first-order valence-corrected chi connectivity index (χ1v) is 7.44. The SMILES string of the molecule is CCC(C)(CN)c1nc(C2CCC(C)(C)CC2)no1. The Labute approximate surface area is 116 Å². The van der Waals surface area contributed by atoms with Crippen LogP contribution in [0.4, 0.5) is 0 Å². The Morgan fingerprint density at radius 1 is 1.37 bits per heavy atom. The smallest absolute Gasteiger partial charge is 0.233 e. The highest BCUT2D eigenvalue weighted by molar-refractivity contribution is 5.06. The molecule has 1 aromatic rings. The van der Waals surface area contributed by atoms with Gasteiger partial charge in [0.2, 0.25) is 5.89 Å². The first-order valence-electron chi connectivity index (χ1n) is 7.44. The van der Waals surface area contributed by atoms with Gasteiger partial charge in [0.1, 0.15) is 0 Å². The summed E-state index contributed by atoms with van der Waals surface area (Å²) < 4.78 is 5.48. The second-order valence-electron chi connectivity index (χ2n) is 7.01. The van der Waals surface area contributed by atoms with E-state index in [1.807, 2.05) is 0 Å². The molecule has 0 spiro atoms. The molecule has 1 unspecified atom stereocenters. The van der Waals surface area contributed by atoms with Gasteiger partial charge in [0.15, 0.2) is 5.82 Å². The van der Waals surface area contributed by atoms with Gasteiger partial charge in [-0.1, -0.05) is 25.9 Å². The topological polar surface area (TPSA) is 64.9 Å². The van der Waals surface area contributed by atoms with Crippen molar-refractivity contribution in [1.29, 1.82) is 0 Å². The van der Waals surface area contributed by atoms with Crippen LogP contribution in [0.15, 0.2) is 4.52 Å². The van der Waals surface area contributed by atoms with E-state index in [2.05, 4.69) is 37.8 Å². The van der Waals surface area contributed by atoms with E-state index in [1.54, 1.807) is 0 Å². The van der Waals surface area contributed by atoms with Crippen LogP contribution in [-0.2, 0) is 5.41 Å². The molecule has 1 fully saturated rings. The summed E-state index contributed by atoms with van der Waals surface area (Å²) in [5.74, 6) is 2.06. The number of hydrogen-bond donors (Lipinski definition) is 1. The van der Waals surface area contributed by atoms with Gasteiger partial charge in [-0.3, -0.25) is 0 Å². The maximum Gasteiger partial charge on any atom is 0.233 e. The van der Waals surface area contributed by atoms with Crippen LogP contribution in [0.25, 0.3) is 0 Å². The molecule has 1 heterocycles. The minimum atomic E-state index is -0.181. The van der Waals surface area contributed by atoms with Crippen LogP contribution >= 0.6 is 0 Å². The minimum absolute atomic E-state index is 0.181. The van der Waals surface area contributed by atoms with E-state index >= 15 is 0 Å². The second kappa shape index (κ2) is 5.23. The fraction of sp³-hybridized carbons (Fsp3) is 0.867. The van der Waals surface area contributed by atoms with Gasteiger partial charge in [0.05, 0.1) is 5.41 Å². The molecule has 0 saturated heterocycles. The summed E-state index contributed by atoms with van der Waals surface area (Å²) in [6.07, 6.45) is 5.73. The van der Waals surface area contributed by atoms with Crippen molar-refractivity contribution >= 4 is 0 Å². The maximum absolute atomic E-state index is 5.85. The van der Waals surface area contributed by atoms with Gasteiger partial charge in [-0.2, -0.15) is 4.98 Å². The summed E-state index contributed by atoms with van der Waals surface area (Å²) in [6.45, 7) is 9.43. The normalized spacial score (nSPS) is 23.2. The van der Waals surface area contributed by atoms with Gasteiger partial charge in [-0.15, -0.1) is 0 Å². The van der Waals surface area contributed by atoms with E-state index in [1.165, 1.54) is 12.8 Å². The maximum atomic E-state index is 5.85. The largest absolute Gasteiger partial charge is 0.339 e. The Balaban J connectivity index is 2.10. The lowest BCUT2D eigenvalue weighted by molar-refractivity contribution is 0.218. The summed E-state index contributed by atoms with van der Waals surface area (Å²) >= 11 is 0. The summed E-state index contributed by atoms with van der Waals surface area (Å²) in [5.41, 5.74) is 6.13. The predicted octanol–water partition coefficient (Wildman–Crippen LogP) is 3.38. The summed E-state index contributed by atoms with van der Waals surface area (Å²) in [5, 5.41) is 4.21. The van der Waals surface area contributed by atoms with Gasteiger partial charge in [-0.25, -0.2) is 0 Å². The third-order valence-electron chi connectivity index (χ3n) is 4.89. The lowest BCUT2D eigenvalue weighted by atomic mass is 9.73. The molecule has 0 amide bonds. The Bertz CT molecular complexity index is 411. The highest BCUT2D eigenvalue weighted by Crippen LogP contribution is 2.41. The summed E-state index contributed by atoms with van der Waals surface area (Å²) in [7, 11) is 0. The van der Waals surface area contributed by atoms with Crippen molar-refractivity contribution in [1.82, 2.24) is 10.1 Å². The quantitative estimate of drug-likeness (QED) is 0.906. The molecular formula is C15H27N3O.